The summed E-state index contributed by atoms with van der Waals surface area (Å²) in [5, 5.41) is 21.6. The number of hydrogen-bond donors (Lipinski definition) is 2. The number of esters is 1. The molecule has 8 heteroatoms. The number of carbonyl (C=O) groups excluding carboxylic acids is 1. The quantitative estimate of drug-likeness (QED) is 0.625. The van der Waals surface area contributed by atoms with Gasteiger partial charge in [0.25, 0.3) is 0 Å². The van der Waals surface area contributed by atoms with Crippen molar-refractivity contribution in [3.63, 3.8) is 0 Å². The molecule has 30 heavy (non-hydrogen) atoms. The third-order valence-electron chi connectivity index (χ3n) is 5.36. The van der Waals surface area contributed by atoms with Gasteiger partial charge in [-0.15, -0.1) is 0 Å². The first-order valence-corrected chi connectivity index (χ1v) is 9.39. The van der Waals surface area contributed by atoms with Crippen LogP contribution in [0.2, 0.25) is 0 Å². The fraction of sp³-hybridized carbons (Fsp3) is 0.409. The Labute approximate surface area is 174 Å². The van der Waals surface area contributed by atoms with Crippen molar-refractivity contribution in [3.8, 4) is 23.0 Å². The standard InChI is InChI=1S/C22H26O8/c1-26-16-7-5-13(10-18(16)28-3)9-15-20(23)30-21(24)22(15,25)12-14-6-8-17(27-2)19(11-14)29-4/h5-8,10-11,15,20,23,25H,9,12H2,1-4H3/t15-,20+,22+/m1/s1. The Kier molecular flexibility index (Phi) is 6.38. The average Bonchev–Trinajstić information content (AvgIpc) is 2.96. The van der Waals surface area contributed by atoms with E-state index in [0.717, 1.165) is 5.56 Å². The zero-order valence-electron chi connectivity index (χ0n) is 17.4. The maximum atomic E-state index is 12.5. The Morgan fingerprint density at radius 3 is 1.90 bits per heavy atom. The molecule has 1 aliphatic heterocycles. The van der Waals surface area contributed by atoms with Gasteiger partial charge in [-0.05, 0) is 41.8 Å². The SMILES string of the molecule is COc1ccc(C[C@@H]2[C@@H](O)OC(=O)[C@]2(O)Cc2ccc(OC)c(OC)c2)cc1OC. The molecule has 2 aromatic carbocycles. The molecule has 0 amide bonds. The predicted molar refractivity (Wildman–Crippen MR) is 107 cm³/mol. The van der Waals surface area contributed by atoms with Crippen LogP contribution in [0.5, 0.6) is 23.0 Å². The number of rotatable bonds is 8. The Bertz CT molecular complexity index is 912. The molecule has 1 aliphatic rings. The van der Waals surface area contributed by atoms with E-state index in [0.29, 0.717) is 28.6 Å². The van der Waals surface area contributed by atoms with Gasteiger partial charge in [-0.3, -0.25) is 0 Å². The molecule has 8 nitrogen and oxygen atoms in total. The summed E-state index contributed by atoms with van der Waals surface area (Å²) in [7, 11) is 6.08. The molecule has 1 heterocycles. The zero-order chi connectivity index (χ0) is 21.9. The van der Waals surface area contributed by atoms with Gasteiger partial charge in [0.2, 0.25) is 6.29 Å². The third-order valence-corrected chi connectivity index (χ3v) is 5.36. The van der Waals surface area contributed by atoms with Crippen molar-refractivity contribution in [2.45, 2.75) is 24.7 Å². The van der Waals surface area contributed by atoms with E-state index in [1.54, 1.807) is 36.4 Å². The number of carbonyl (C=O) groups is 1. The Hall–Kier alpha value is -2.97. The minimum Gasteiger partial charge on any atom is -0.493 e. The Morgan fingerprint density at radius 1 is 0.867 bits per heavy atom. The lowest BCUT2D eigenvalue weighted by Gasteiger charge is -2.27. The molecule has 0 bridgehead atoms. The summed E-state index contributed by atoms with van der Waals surface area (Å²) in [6, 6.07) is 10.4. The van der Waals surface area contributed by atoms with E-state index in [4.69, 9.17) is 23.7 Å². The summed E-state index contributed by atoms with van der Waals surface area (Å²) < 4.78 is 26.1. The van der Waals surface area contributed by atoms with Crippen molar-refractivity contribution >= 4 is 5.97 Å². The van der Waals surface area contributed by atoms with Gasteiger partial charge in [0, 0.05) is 6.42 Å². The zero-order valence-corrected chi connectivity index (χ0v) is 17.4. The molecule has 1 fully saturated rings. The van der Waals surface area contributed by atoms with Crippen LogP contribution in [0.1, 0.15) is 11.1 Å². The van der Waals surface area contributed by atoms with E-state index in [9.17, 15) is 15.0 Å². The molecule has 0 aromatic heterocycles. The molecule has 0 spiro atoms. The van der Waals surface area contributed by atoms with E-state index >= 15 is 0 Å². The molecular weight excluding hydrogens is 392 g/mol. The number of aliphatic hydroxyl groups is 2. The van der Waals surface area contributed by atoms with Crippen LogP contribution in [0.3, 0.4) is 0 Å². The molecule has 162 valence electrons. The van der Waals surface area contributed by atoms with Crippen LogP contribution in [-0.2, 0) is 22.4 Å². The number of methoxy groups -OCH3 is 4. The second-order valence-corrected chi connectivity index (χ2v) is 7.09. The van der Waals surface area contributed by atoms with Gasteiger partial charge in [-0.1, -0.05) is 12.1 Å². The molecule has 1 saturated heterocycles. The van der Waals surface area contributed by atoms with Gasteiger partial charge in [-0.25, -0.2) is 4.79 Å². The van der Waals surface area contributed by atoms with Crippen LogP contribution in [0.15, 0.2) is 36.4 Å². The lowest BCUT2D eigenvalue weighted by atomic mass is 9.80. The highest BCUT2D eigenvalue weighted by molar-refractivity contribution is 5.82. The van der Waals surface area contributed by atoms with Crippen LogP contribution < -0.4 is 18.9 Å². The van der Waals surface area contributed by atoms with Crippen LogP contribution in [0, 0.1) is 5.92 Å². The summed E-state index contributed by atoms with van der Waals surface area (Å²) in [5.41, 5.74) is -0.522. The predicted octanol–water partition coefficient (Wildman–Crippen LogP) is 1.73. The number of cyclic esters (lactones) is 1. The number of ether oxygens (including phenoxy) is 5. The fourth-order valence-electron chi connectivity index (χ4n) is 3.72. The number of benzene rings is 2. The van der Waals surface area contributed by atoms with Crippen LogP contribution in [0.4, 0.5) is 0 Å². The van der Waals surface area contributed by atoms with Crippen LogP contribution >= 0.6 is 0 Å². The molecular formula is C22H26O8. The highest BCUT2D eigenvalue weighted by Gasteiger charge is 2.56. The first kappa shape index (κ1) is 21.7. The average molecular weight is 418 g/mol. The monoisotopic (exact) mass is 418 g/mol. The number of hydrogen-bond acceptors (Lipinski definition) is 8. The molecule has 2 aromatic rings. The molecule has 2 N–H and O–H groups in total. The molecule has 0 radical (unpaired) electrons. The normalized spacial score (nSPS) is 23.1. The highest BCUT2D eigenvalue weighted by Crippen LogP contribution is 2.39. The second kappa shape index (κ2) is 8.81. The maximum absolute atomic E-state index is 12.5. The van der Waals surface area contributed by atoms with E-state index in [-0.39, 0.29) is 12.8 Å². The minimum absolute atomic E-state index is 0.0544. The maximum Gasteiger partial charge on any atom is 0.341 e. The summed E-state index contributed by atoms with van der Waals surface area (Å²) in [6.45, 7) is 0. The third kappa shape index (κ3) is 4.01. The second-order valence-electron chi connectivity index (χ2n) is 7.09. The highest BCUT2D eigenvalue weighted by atomic mass is 16.7. The molecule has 0 saturated carbocycles. The lowest BCUT2D eigenvalue weighted by Crippen LogP contribution is -2.45. The van der Waals surface area contributed by atoms with Gasteiger partial charge in [-0.2, -0.15) is 0 Å². The summed E-state index contributed by atoms with van der Waals surface area (Å²) in [4.78, 5) is 12.5. The van der Waals surface area contributed by atoms with Crippen LogP contribution in [0.25, 0.3) is 0 Å². The molecule has 0 unspecified atom stereocenters. The fourth-order valence-corrected chi connectivity index (χ4v) is 3.72. The van der Waals surface area contributed by atoms with Gasteiger partial charge in [0.1, 0.15) is 0 Å². The van der Waals surface area contributed by atoms with Gasteiger partial charge >= 0.3 is 5.97 Å². The summed E-state index contributed by atoms with van der Waals surface area (Å²) in [5.74, 6) is 0.330. The lowest BCUT2D eigenvalue weighted by molar-refractivity contribution is -0.162. The van der Waals surface area contributed by atoms with Crippen molar-refractivity contribution in [1.29, 1.82) is 0 Å². The molecule has 0 aliphatic carbocycles. The molecule has 3 rings (SSSR count). The Morgan fingerprint density at radius 2 is 1.37 bits per heavy atom. The van der Waals surface area contributed by atoms with E-state index in [1.807, 2.05) is 0 Å². The minimum atomic E-state index is -1.91. The van der Waals surface area contributed by atoms with Crippen molar-refractivity contribution in [2.24, 2.45) is 5.92 Å². The first-order valence-electron chi connectivity index (χ1n) is 9.39. The van der Waals surface area contributed by atoms with Crippen molar-refractivity contribution in [2.75, 3.05) is 28.4 Å². The van der Waals surface area contributed by atoms with Gasteiger partial charge < -0.3 is 33.9 Å². The smallest absolute Gasteiger partial charge is 0.341 e. The van der Waals surface area contributed by atoms with Crippen molar-refractivity contribution in [1.82, 2.24) is 0 Å². The van der Waals surface area contributed by atoms with E-state index in [2.05, 4.69) is 0 Å². The van der Waals surface area contributed by atoms with E-state index in [1.165, 1.54) is 28.4 Å². The summed E-state index contributed by atoms with van der Waals surface area (Å²) in [6.07, 6.45) is -1.30. The van der Waals surface area contributed by atoms with Gasteiger partial charge in [0.15, 0.2) is 28.6 Å². The summed E-state index contributed by atoms with van der Waals surface area (Å²) >= 11 is 0. The first-order chi connectivity index (χ1) is 14.4. The van der Waals surface area contributed by atoms with Gasteiger partial charge in [0.05, 0.1) is 34.4 Å². The molecule has 3 atom stereocenters. The Balaban J connectivity index is 1.89. The van der Waals surface area contributed by atoms with Crippen molar-refractivity contribution < 1.29 is 38.7 Å². The van der Waals surface area contributed by atoms with Crippen LogP contribution in [-0.4, -0.2) is 56.5 Å². The van der Waals surface area contributed by atoms with E-state index < -0.39 is 23.8 Å². The number of aliphatic hydroxyl groups excluding tert-OH is 1. The van der Waals surface area contributed by atoms with Crippen molar-refractivity contribution in [3.05, 3.63) is 47.5 Å². The largest absolute Gasteiger partial charge is 0.493 e. The topological polar surface area (TPSA) is 104 Å².